The molecule has 2 aliphatic heterocycles. The largest absolute Gasteiger partial charge is 0.480 e. The number of likely N-dealkylation sites (tertiary alicyclic amines) is 1. The van der Waals surface area contributed by atoms with Crippen LogP contribution in [-0.2, 0) is 19.6 Å². The monoisotopic (exact) mass is 579 g/mol. The van der Waals surface area contributed by atoms with Crippen molar-refractivity contribution in [1.82, 2.24) is 14.1 Å². The molecule has 0 bridgehead atoms. The van der Waals surface area contributed by atoms with Crippen LogP contribution in [-0.4, -0.2) is 92.1 Å². The van der Waals surface area contributed by atoms with Crippen LogP contribution in [0.1, 0.15) is 12.8 Å². The third-order valence-electron chi connectivity index (χ3n) is 6.89. The maximum absolute atomic E-state index is 13.4. The van der Waals surface area contributed by atoms with Gasteiger partial charge in [0.1, 0.15) is 6.04 Å². The van der Waals surface area contributed by atoms with Crippen molar-refractivity contribution in [2.24, 2.45) is 5.92 Å². The zero-order chi connectivity index (χ0) is 25.9. The Morgan fingerprint density at radius 1 is 0.944 bits per heavy atom. The number of halogens is 1. The summed E-state index contributed by atoms with van der Waals surface area (Å²) in [5, 5.41) is 9.99. The molecule has 1 unspecified atom stereocenters. The number of ether oxygens (including phenoxy) is 1. The first-order chi connectivity index (χ1) is 17.2. The van der Waals surface area contributed by atoms with Gasteiger partial charge in [0.15, 0.2) is 0 Å². The minimum atomic E-state index is -4.04. The molecule has 2 fully saturated rings. The van der Waals surface area contributed by atoms with Gasteiger partial charge < -0.3 is 19.6 Å². The molecule has 0 radical (unpaired) electrons. The first-order valence-corrected chi connectivity index (χ1v) is 14.1. The summed E-state index contributed by atoms with van der Waals surface area (Å²) >= 11 is 3.40. The molecule has 0 saturated carbocycles. The Hall–Kier alpha value is -2.47. The zero-order valence-corrected chi connectivity index (χ0v) is 22.4. The summed E-state index contributed by atoms with van der Waals surface area (Å²) < 4.78 is 33.9. The average molecular weight is 581 g/mol. The molecule has 4 rings (SSSR count). The predicted molar refractivity (Wildman–Crippen MR) is 138 cm³/mol. The number of likely N-dealkylation sites (N-methyl/N-ethyl adjacent to an activating group) is 1. The number of carbonyl (C=O) groups is 2. The highest BCUT2D eigenvalue weighted by atomic mass is 79.9. The molecule has 2 amide bonds. The summed E-state index contributed by atoms with van der Waals surface area (Å²) in [5.74, 6) is -1.59. The second-order valence-corrected chi connectivity index (χ2v) is 12.0. The van der Waals surface area contributed by atoms with E-state index in [4.69, 9.17) is 4.74 Å². The van der Waals surface area contributed by atoms with Crippen LogP contribution in [0, 0.1) is 5.92 Å². The molecular weight excluding hydrogens is 550 g/mol. The number of carboxylic acids is 1. The van der Waals surface area contributed by atoms with E-state index in [-0.39, 0.29) is 10.9 Å². The number of piperidine rings is 1. The summed E-state index contributed by atoms with van der Waals surface area (Å²) in [6.07, 6.45) is 0.824. The van der Waals surface area contributed by atoms with Crippen molar-refractivity contribution in [3.8, 4) is 11.1 Å². The minimum Gasteiger partial charge on any atom is -0.480 e. The van der Waals surface area contributed by atoms with Gasteiger partial charge in [0.25, 0.3) is 0 Å². The van der Waals surface area contributed by atoms with Gasteiger partial charge in [-0.1, -0.05) is 40.2 Å². The molecule has 2 aromatic carbocycles. The molecule has 1 atom stereocenters. The van der Waals surface area contributed by atoms with Crippen molar-refractivity contribution in [1.29, 1.82) is 0 Å². The van der Waals surface area contributed by atoms with E-state index in [1.807, 2.05) is 24.3 Å². The number of sulfonamides is 1. The summed E-state index contributed by atoms with van der Waals surface area (Å²) in [6.45, 7) is 2.88. The fraction of sp³-hybridized carbons (Fsp3) is 0.440. The second-order valence-electron chi connectivity index (χ2n) is 9.04. The number of aliphatic carboxylic acids is 1. The standard InChI is InChI=1S/C25H30BrN3O6S/c1-27(36(33,34)22-8-4-19(5-9-22)18-2-6-21(26)7-3-18)23(24(30)31)20-10-12-28(13-11-20)25(32)29-14-16-35-17-15-29/h2-9,20,23H,10-17H2,1H3,(H,30,31). The normalized spacial score (nSPS) is 18.3. The van der Waals surface area contributed by atoms with E-state index in [1.54, 1.807) is 21.9 Å². The fourth-order valence-corrected chi connectivity index (χ4v) is 6.43. The van der Waals surface area contributed by atoms with Crippen LogP contribution < -0.4 is 0 Å². The highest BCUT2D eigenvalue weighted by Crippen LogP contribution is 2.29. The Balaban J connectivity index is 1.45. The van der Waals surface area contributed by atoms with Gasteiger partial charge in [-0.25, -0.2) is 13.2 Å². The second kappa shape index (κ2) is 11.3. The van der Waals surface area contributed by atoms with Crippen LogP contribution in [0.3, 0.4) is 0 Å². The van der Waals surface area contributed by atoms with Gasteiger partial charge in [0.05, 0.1) is 18.1 Å². The lowest BCUT2D eigenvalue weighted by Gasteiger charge is -2.39. The highest BCUT2D eigenvalue weighted by molar-refractivity contribution is 9.10. The summed E-state index contributed by atoms with van der Waals surface area (Å²) in [6, 6.07) is 12.8. The first-order valence-electron chi connectivity index (χ1n) is 11.9. The van der Waals surface area contributed by atoms with Crippen LogP contribution in [0.4, 0.5) is 4.79 Å². The Kier molecular flexibility index (Phi) is 8.34. The molecule has 1 N–H and O–H groups in total. The number of nitrogens with zero attached hydrogens (tertiary/aromatic N) is 3. The molecule has 0 aliphatic carbocycles. The van der Waals surface area contributed by atoms with Crippen molar-refractivity contribution in [2.75, 3.05) is 46.4 Å². The fourth-order valence-electron chi connectivity index (χ4n) is 4.79. The van der Waals surface area contributed by atoms with Crippen molar-refractivity contribution in [3.05, 3.63) is 53.0 Å². The molecule has 2 aliphatic rings. The number of benzene rings is 2. The number of morpholine rings is 1. The van der Waals surface area contributed by atoms with E-state index in [1.165, 1.54) is 19.2 Å². The molecule has 194 valence electrons. The molecule has 11 heteroatoms. The van der Waals surface area contributed by atoms with Gasteiger partial charge in [-0.2, -0.15) is 4.31 Å². The molecule has 2 saturated heterocycles. The van der Waals surface area contributed by atoms with E-state index < -0.39 is 28.0 Å². The van der Waals surface area contributed by atoms with Gasteiger partial charge in [-0.05, 0) is 54.2 Å². The summed E-state index contributed by atoms with van der Waals surface area (Å²) in [7, 11) is -2.72. The van der Waals surface area contributed by atoms with Crippen LogP contribution in [0.25, 0.3) is 11.1 Å². The SMILES string of the molecule is CN(C(C(=O)O)C1CCN(C(=O)N2CCOCC2)CC1)S(=O)(=O)c1ccc(-c2ccc(Br)cc2)cc1. The lowest BCUT2D eigenvalue weighted by atomic mass is 9.89. The average Bonchev–Trinajstić information content (AvgIpc) is 2.89. The van der Waals surface area contributed by atoms with E-state index in [9.17, 15) is 23.1 Å². The number of rotatable bonds is 6. The third kappa shape index (κ3) is 5.74. The molecular formula is C25H30BrN3O6S. The lowest BCUT2D eigenvalue weighted by Crippen LogP contribution is -2.54. The van der Waals surface area contributed by atoms with Crippen molar-refractivity contribution in [3.63, 3.8) is 0 Å². The Morgan fingerprint density at radius 2 is 1.44 bits per heavy atom. The zero-order valence-electron chi connectivity index (χ0n) is 20.0. The molecule has 0 aromatic heterocycles. The summed E-state index contributed by atoms with van der Waals surface area (Å²) in [5.41, 5.74) is 1.80. The van der Waals surface area contributed by atoms with Crippen LogP contribution in [0.5, 0.6) is 0 Å². The van der Waals surface area contributed by atoms with E-state index in [0.717, 1.165) is 19.9 Å². The molecule has 9 nitrogen and oxygen atoms in total. The van der Waals surface area contributed by atoms with Crippen LogP contribution in [0.15, 0.2) is 57.9 Å². The minimum absolute atomic E-state index is 0.0389. The summed E-state index contributed by atoms with van der Waals surface area (Å²) in [4.78, 5) is 28.5. The van der Waals surface area contributed by atoms with Gasteiger partial charge in [-0.15, -0.1) is 0 Å². The molecule has 36 heavy (non-hydrogen) atoms. The maximum Gasteiger partial charge on any atom is 0.322 e. The maximum atomic E-state index is 13.4. The molecule has 0 spiro atoms. The van der Waals surface area contributed by atoms with Gasteiger partial charge in [0, 0.05) is 37.7 Å². The van der Waals surface area contributed by atoms with Crippen LogP contribution in [0.2, 0.25) is 0 Å². The number of amides is 2. The van der Waals surface area contributed by atoms with Gasteiger partial charge >= 0.3 is 12.0 Å². The van der Waals surface area contributed by atoms with Crippen molar-refractivity contribution < 1.29 is 27.9 Å². The highest BCUT2D eigenvalue weighted by Gasteiger charge is 2.40. The van der Waals surface area contributed by atoms with E-state index in [2.05, 4.69) is 15.9 Å². The topological polar surface area (TPSA) is 107 Å². The quantitative estimate of drug-likeness (QED) is 0.562. The van der Waals surface area contributed by atoms with Crippen molar-refractivity contribution in [2.45, 2.75) is 23.8 Å². The smallest absolute Gasteiger partial charge is 0.322 e. The Bertz CT molecular complexity index is 1180. The van der Waals surface area contributed by atoms with E-state index in [0.29, 0.717) is 52.2 Å². The molecule has 2 aromatic rings. The van der Waals surface area contributed by atoms with Gasteiger partial charge in [0.2, 0.25) is 10.0 Å². The Morgan fingerprint density at radius 3 is 1.97 bits per heavy atom. The van der Waals surface area contributed by atoms with Crippen molar-refractivity contribution >= 4 is 38.0 Å². The lowest BCUT2D eigenvalue weighted by molar-refractivity contribution is -0.143. The number of carboxylic acid groups (broad SMARTS) is 1. The van der Waals surface area contributed by atoms with Crippen LogP contribution >= 0.6 is 15.9 Å². The molecule has 2 heterocycles. The third-order valence-corrected chi connectivity index (χ3v) is 9.27. The van der Waals surface area contributed by atoms with Gasteiger partial charge in [-0.3, -0.25) is 4.79 Å². The number of hydrogen-bond donors (Lipinski definition) is 1. The Labute approximate surface area is 219 Å². The van der Waals surface area contributed by atoms with E-state index >= 15 is 0 Å². The number of hydrogen-bond acceptors (Lipinski definition) is 5. The first kappa shape index (κ1) is 26.6. The number of carbonyl (C=O) groups excluding carboxylic acids is 1. The number of urea groups is 1. The predicted octanol–water partition coefficient (Wildman–Crippen LogP) is 3.35.